The zero-order valence-electron chi connectivity index (χ0n) is 9.66. The molecule has 0 saturated carbocycles. The SMILES string of the molecule is COc1ccccc1C(Br)c1cc(Br)ccc1Br. The van der Waals surface area contributed by atoms with Gasteiger partial charge in [-0.1, -0.05) is 66.0 Å². The highest BCUT2D eigenvalue weighted by Crippen LogP contribution is 2.40. The number of para-hydroxylation sites is 1. The van der Waals surface area contributed by atoms with Crippen molar-refractivity contribution in [3.8, 4) is 5.75 Å². The molecule has 1 unspecified atom stereocenters. The van der Waals surface area contributed by atoms with Crippen LogP contribution in [-0.2, 0) is 0 Å². The highest BCUT2D eigenvalue weighted by Gasteiger charge is 2.17. The Morgan fingerprint density at radius 2 is 1.72 bits per heavy atom. The van der Waals surface area contributed by atoms with Crippen molar-refractivity contribution in [1.82, 2.24) is 0 Å². The number of halogens is 3. The second-order valence-electron chi connectivity index (χ2n) is 3.77. The highest BCUT2D eigenvalue weighted by atomic mass is 79.9. The lowest BCUT2D eigenvalue weighted by Gasteiger charge is -2.16. The van der Waals surface area contributed by atoms with Gasteiger partial charge in [0.1, 0.15) is 5.75 Å². The Hall–Kier alpha value is -0.320. The summed E-state index contributed by atoms with van der Waals surface area (Å²) in [5, 5.41) is 0. The van der Waals surface area contributed by atoms with Gasteiger partial charge in [0.2, 0.25) is 0 Å². The molecule has 2 aromatic carbocycles. The number of ether oxygens (including phenoxy) is 1. The monoisotopic (exact) mass is 432 g/mol. The number of rotatable bonds is 3. The van der Waals surface area contributed by atoms with Crippen LogP contribution in [0.1, 0.15) is 16.0 Å². The first kappa shape index (κ1) is 14.1. The van der Waals surface area contributed by atoms with Crippen LogP contribution in [0, 0.1) is 0 Å². The van der Waals surface area contributed by atoms with Gasteiger partial charge in [-0.3, -0.25) is 0 Å². The fraction of sp³-hybridized carbons (Fsp3) is 0.143. The Labute approximate surface area is 132 Å². The Morgan fingerprint density at radius 1 is 1.00 bits per heavy atom. The van der Waals surface area contributed by atoms with Gasteiger partial charge in [0.25, 0.3) is 0 Å². The zero-order chi connectivity index (χ0) is 13.1. The van der Waals surface area contributed by atoms with E-state index in [9.17, 15) is 0 Å². The molecule has 0 radical (unpaired) electrons. The van der Waals surface area contributed by atoms with Gasteiger partial charge in [0.15, 0.2) is 0 Å². The largest absolute Gasteiger partial charge is 0.496 e. The van der Waals surface area contributed by atoms with Crippen LogP contribution in [0.25, 0.3) is 0 Å². The van der Waals surface area contributed by atoms with Crippen molar-refractivity contribution in [2.45, 2.75) is 4.83 Å². The van der Waals surface area contributed by atoms with E-state index in [0.717, 1.165) is 25.8 Å². The third-order valence-corrected chi connectivity index (χ3v) is 4.84. The van der Waals surface area contributed by atoms with Crippen LogP contribution in [0.4, 0.5) is 0 Å². The Balaban J connectivity index is 2.47. The summed E-state index contributed by atoms with van der Waals surface area (Å²) in [6.07, 6.45) is 0. The topological polar surface area (TPSA) is 9.23 Å². The van der Waals surface area contributed by atoms with Gasteiger partial charge in [0.05, 0.1) is 11.9 Å². The molecule has 0 amide bonds. The molecule has 0 N–H and O–H groups in total. The van der Waals surface area contributed by atoms with Gasteiger partial charge < -0.3 is 4.74 Å². The maximum absolute atomic E-state index is 5.40. The summed E-state index contributed by atoms with van der Waals surface area (Å²) in [5.41, 5.74) is 2.27. The summed E-state index contributed by atoms with van der Waals surface area (Å²) in [7, 11) is 1.69. The minimum absolute atomic E-state index is 0.0838. The second kappa shape index (κ2) is 6.22. The predicted octanol–water partition coefficient (Wildman–Crippen LogP) is 5.70. The molecule has 0 saturated heterocycles. The average Bonchev–Trinajstić information content (AvgIpc) is 2.40. The fourth-order valence-corrected chi connectivity index (χ4v) is 3.67. The molecule has 0 aromatic heterocycles. The van der Waals surface area contributed by atoms with E-state index in [4.69, 9.17) is 4.74 Å². The lowest BCUT2D eigenvalue weighted by molar-refractivity contribution is 0.410. The molecule has 94 valence electrons. The van der Waals surface area contributed by atoms with Crippen LogP contribution < -0.4 is 4.74 Å². The molecule has 1 nitrogen and oxygen atoms in total. The minimum atomic E-state index is 0.0838. The van der Waals surface area contributed by atoms with Crippen molar-refractivity contribution in [3.63, 3.8) is 0 Å². The molecule has 4 heteroatoms. The number of benzene rings is 2. The standard InChI is InChI=1S/C14H11Br3O/c1-18-13-5-3-2-4-10(13)14(17)11-8-9(15)6-7-12(11)16/h2-8,14H,1H3. The van der Waals surface area contributed by atoms with E-state index in [1.807, 2.05) is 30.3 Å². The lowest BCUT2D eigenvalue weighted by Crippen LogP contribution is -1.97. The Morgan fingerprint density at radius 3 is 2.44 bits per heavy atom. The van der Waals surface area contributed by atoms with Gasteiger partial charge in [-0.15, -0.1) is 0 Å². The van der Waals surface area contributed by atoms with Crippen molar-refractivity contribution < 1.29 is 4.74 Å². The van der Waals surface area contributed by atoms with Gasteiger partial charge in [-0.25, -0.2) is 0 Å². The fourth-order valence-electron chi connectivity index (χ4n) is 1.75. The number of hydrogen-bond donors (Lipinski definition) is 0. The van der Waals surface area contributed by atoms with E-state index in [-0.39, 0.29) is 4.83 Å². The summed E-state index contributed by atoms with van der Waals surface area (Å²) < 4.78 is 7.52. The van der Waals surface area contributed by atoms with Crippen LogP contribution in [0.3, 0.4) is 0 Å². The molecular weight excluding hydrogens is 424 g/mol. The number of hydrogen-bond acceptors (Lipinski definition) is 1. The van der Waals surface area contributed by atoms with E-state index < -0.39 is 0 Å². The molecule has 0 aliphatic carbocycles. The summed E-state index contributed by atoms with van der Waals surface area (Å²) in [6.45, 7) is 0. The van der Waals surface area contributed by atoms with E-state index in [1.165, 1.54) is 0 Å². The molecule has 0 fully saturated rings. The number of methoxy groups -OCH3 is 1. The maximum atomic E-state index is 5.40. The molecule has 18 heavy (non-hydrogen) atoms. The summed E-state index contributed by atoms with van der Waals surface area (Å²) in [6, 6.07) is 14.1. The smallest absolute Gasteiger partial charge is 0.123 e. The molecular formula is C14H11Br3O. The lowest BCUT2D eigenvalue weighted by atomic mass is 10.0. The van der Waals surface area contributed by atoms with Crippen molar-refractivity contribution >= 4 is 47.8 Å². The summed E-state index contributed by atoms with van der Waals surface area (Å²) >= 11 is 10.8. The zero-order valence-corrected chi connectivity index (χ0v) is 14.4. The molecule has 2 aromatic rings. The Bertz CT molecular complexity index is 554. The van der Waals surface area contributed by atoms with Crippen molar-refractivity contribution in [2.75, 3.05) is 7.11 Å². The molecule has 1 atom stereocenters. The minimum Gasteiger partial charge on any atom is -0.496 e. The van der Waals surface area contributed by atoms with Gasteiger partial charge in [-0.2, -0.15) is 0 Å². The second-order valence-corrected chi connectivity index (χ2v) is 6.46. The average molecular weight is 435 g/mol. The van der Waals surface area contributed by atoms with Crippen molar-refractivity contribution in [2.24, 2.45) is 0 Å². The molecule has 0 bridgehead atoms. The maximum Gasteiger partial charge on any atom is 0.123 e. The third kappa shape index (κ3) is 2.98. The van der Waals surface area contributed by atoms with Gasteiger partial charge in [-0.05, 0) is 29.8 Å². The summed E-state index contributed by atoms with van der Waals surface area (Å²) in [5.74, 6) is 0.881. The van der Waals surface area contributed by atoms with Crippen molar-refractivity contribution in [3.05, 3.63) is 62.5 Å². The highest BCUT2D eigenvalue weighted by molar-refractivity contribution is 9.11. The molecule has 0 aliphatic heterocycles. The van der Waals surface area contributed by atoms with E-state index in [2.05, 4.69) is 59.9 Å². The number of alkyl halides is 1. The molecule has 0 heterocycles. The van der Waals surface area contributed by atoms with Crippen LogP contribution in [0.15, 0.2) is 51.4 Å². The van der Waals surface area contributed by atoms with Crippen LogP contribution in [-0.4, -0.2) is 7.11 Å². The molecule has 2 rings (SSSR count). The van der Waals surface area contributed by atoms with Crippen LogP contribution >= 0.6 is 47.8 Å². The first-order chi connectivity index (χ1) is 8.63. The van der Waals surface area contributed by atoms with E-state index >= 15 is 0 Å². The first-order valence-corrected chi connectivity index (χ1v) is 7.85. The van der Waals surface area contributed by atoms with Crippen molar-refractivity contribution in [1.29, 1.82) is 0 Å². The predicted molar refractivity (Wildman–Crippen MR) is 85.6 cm³/mol. The first-order valence-electron chi connectivity index (χ1n) is 5.35. The molecule has 0 aliphatic rings. The summed E-state index contributed by atoms with van der Waals surface area (Å²) in [4.78, 5) is 0.0838. The Kier molecular flexibility index (Phi) is 4.87. The quantitative estimate of drug-likeness (QED) is 0.562. The van der Waals surface area contributed by atoms with Crippen LogP contribution in [0.2, 0.25) is 0 Å². The van der Waals surface area contributed by atoms with Crippen LogP contribution in [0.5, 0.6) is 5.75 Å². The van der Waals surface area contributed by atoms with E-state index in [1.54, 1.807) is 7.11 Å². The molecule has 0 spiro atoms. The normalized spacial score (nSPS) is 12.2. The third-order valence-electron chi connectivity index (χ3n) is 2.64. The van der Waals surface area contributed by atoms with E-state index in [0.29, 0.717) is 0 Å². The van der Waals surface area contributed by atoms with Gasteiger partial charge >= 0.3 is 0 Å². The van der Waals surface area contributed by atoms with Gasteiger partial charge in [0, 0.05) is 14.5 Å².